The van der Waals surface area contributed by atoms with Gasteiger partial charge in [0.15, 0.2) is 0 Å². The van der Waals surface area contributed by atoms with E-state index in [9.17, 15) is 13.6 Å². The van der Waals surface area contributed by atoms with Crippen molar-refractivity contribution in [1.29, 1.82) is 0 Å². The molecule has 0 saturated carbocycles. The zero-order chi connectivity index (χ0) is 10.6. The molecule has 1 heterocycles. The fourth-order valence-corrected chi connectivity index (χ4v) is 0.612. The summed E-state index contributed by atoms with van der Waals surface area (Å²) in [6, 6.07) is 0. The number of rotatable bonds is 3. The zero-order valence-corrected chi connectivity index (χ0v) is 6.68. The molecule has 0 aliphatic rings. The number of halogens is 2. The molecule has 8 heteroatoms. The average molecular weight is 205 g/mol. The van der Waals surface area contributed by atoms with Crippen molar-refractivity contribution in [2.45, 2.75) is 6.61 Å². The number of alkyl halides is 2. The Bertz CT molecular complexity index is 317. The molecule has 0 spiro atoms. The van der Waals surface area contributed by atoms with Crippen LogP contribution >= 0.6 is 0 Å². The normalized spacial score (nSPS) is 9.93. The molecule has 0 saturated heterocycles. The monoisotopic (exact) mass is 205 g/mol. The highest BCUT2D eigenvalue weighted by molar-refractivity contribution is 5.67. The summed E-state index contributed by atoms with van der Waals surface area (Å²) < 4.78 is 31.5. The number of carbonyl (C=O) groups is 1. The summed E-state index contributed by atoms with van der Waals surface area (Å²) in [5, 5.41) is 0. The van der Waals surface area contributed by atoms with Gasteiger partial charge in [-0.1, -0.05) is 0 Å². The van der Waals surface area contributed by atoms with Crippen LogP contribution in [0.2, 0.25) is 0 Å². The fourth-order valence-electron chi connectivity index (χ4n) is 0.612. The maximum absolute atomic E-state index is 11.6. The van der Waals surface area contributed by atoms with Gasteiger partial charge < -0.3 is 15.2 Å². The van der Waals surface area contributed by atoms with Crippen LogP contribution in [0.1, 0.15) is 0 Å². The van der Waals surface area contributed by atoms with Crippen LogP contribution in [0.25, 0.3) is 0 Å². The van der Waals surface area contributed by atoms with Gasteiger partial charge in [0.1, 0.15) is 0 Å². The minimum absolute atomic E-state index is 0.195. The first-order chi connectivity index (χ1) is 6.58. The topological polar surface area (TPSA) is 87.3 Å². The highest BCUT2D eigenvalue weighted by atomic mass is 19.3. The van der Waals surface area contributed by atoms with Gasteiger partial charge in [0, 0.05) is 0 Å². The van der Waals surface area contributed by atoms with Crippen LogP contribution in [0.15, 0.2) is 12.4 Å². The number of carbonyl (C=O) groups excluding carboxylic acids is 1. The van der Waals surface area contributed by atoms with Crippen LogP contribution in [0.4, 0.5) is 13.6 Å². The van der Waals surface area contributed by atoms with E-state index in [2.05, 4.69) is 25.2 Å². The van der Waals surface area contributed by atoms with E-state index >= 15 is 0 Å². The Morgan fingerprint density at radius 2 is 1.93 bits per heavy atom. The first-order valence-electron chi connectivity index (χ1n) is 3.32. The lowest BCUT2D eigenvalue weighted by Crippen LogP contribution is -2.17. The molecule has 0 radical (unpaired) electrons. The Kier molecular flexibility index (Phi) is 3.10. The zero-order valence-electron chi connectivity index (χ0n) is 6.68. The highest BCUT2D eigenvalue weighted by Gasteiger charge is 2.06. The van der Waals surface area contributed by atoms with Crippen molar-refractivity contribution in [1.82, 2.24) is 9.97 Å². The number of primary amides is 1. The lowest BCUT2D eigenvalue weighted by atomic mass is 10.7. The molecular weight excluding hydrogens is 200 g/mol. The van der Waals surface area contributed by atoms with Gasteiger partial charge in [-0.15, -0.1) is 0 Å². The molecule has 76 valence electrons. The van der Waals surface area contributed by atoms with Crippen molar-refractivity contribution in [3.05, 3.63) is 12.4 Å². The Morgan fingerprint density at radius 1 is 1.36 bits per heavy atom. The maximum Gasteiger partial charge on any atom is 0.411 e. The van der Waals surface area contributed by atoms with Gasteiger partial charge in [-0.3, -0.25) is 0 Å². The number of nitrogens with two attached hydrogens (primary N) is 1. The Hall–Kier alpha value is -1.99. The molecule has 1 aromatic heterocycles. The van der Waals surface area contributed by atoms with E-state index in [-0.39, 0.29) is 11.8 Å². The van der Waals surface area contributed by atoms with E-state index in [0.717, 1.165) is 12.4 Å². The van der Waals surface area contributed by atoms with Crippen molar-refractivity contribution in [3.63, 3.8) is 0 Å². The van der Waals surface area contributed by atoms with E-state index in [1.165, 1.54) is 0 Å². The molecule has 1 aromatic rings. The van der Waals surface area contributed by atoms with Gasteiger partial charge in [-0.2, -0.15) is 8.78 Å². The summed E-state index contributed by atoms with van der Waals surface area (Å²) in [5.41, 5.74) is 4.66. The summed E-state index contributed by atoms with van der Waals surface area (Å²) in [4.78, 5) is 17.0. The van der Waals surface area contributed by atoms with Crippen LogP contribution in [-0.4, -0.2) is 22.7 Å². The first kappa shape index (κ1) is 10.1. The standard InChI is InChI=1S/C6H5F2N3O3/c7-5(8)13-3-1-11-4(2-10-3)14-6(9)12/h1-2,5H,(H2,9,12). The lowest BCUT2D eigenvalue weighted by Gasteiger charge is -2.02. The summed E-state index contributed by atoms with van der Waals surface area (Å²) in [5.74, 6) is -0.573. The molecule has 0 aliphatic carbocycles. The molecule has 14 heavy (non-hydrogen) atoms. The molecule has 1 amide bonds. The quantitative estimate of drug-likeness (QED) is 0.777. The van der Waals surface area contributed by atoms with Gasteiger partial charge in [-0.25, -0.2) is 14.8 Å². The third-order valence-corrected chi connectivity index (χ3v) is 1.02. The van der Waals surface area contributed by atoms with E-state index in [0.29, 0.717) is 0 Å². The maximum atomic E-state index is 11.6. The molecule has 0 bridgehead atoms. The third-order valence-electron chi connectivity index (χ3n) is 1.02. The van der Waals surface area contributed by atoms with Crippen LogP contribution in [-0.2, 0) is 0 Å². The Balaban J connectivity index is 2.63. The third kappa shape index (κ3) is 3.17. The van der Waals surface area contributed by atoms with Gasteiger partial charge in [-0.05, 0) is 0 Å². The van der Waals surface area contributed by atoms with E-state index in [4.69, 9.17) is 0 Å². The largest absolute Gasteiger partial charge is 0.415 e. The van der Waals surface area contributed by atoms with Crippen LogP contribution < -0.4 is 15.2 Å². The van der Waals surface area contributed by atoms with E-state index in [1.807, 2.05) is 0 Å². The smallest absolute Gasteiger partial charge is 0.411 e. The summed E-state index contributed by atoms with van der Waals surface area (Å²) in [6.45, 7) is -2.98. The number of hydrogen-bond acceptors (Lipinski definition) is 5. The van der Waals surface area contributed by atoms with Crippen molar-refractivity contribution < 1.29 is 23.0 Å². The minimum Gasteiger partial charge on any atom is -0.415 e. The van der Waals surface area contributed by atoms with Crippen LogP contribution in [0, 0.1) is 0 Å². The SMILES string of the molecule is NC(=O)Oc1cnc(OC(F)F)cn1. The van der Waals surface area contributed by atoms with E-state index in [1.54, 1.807) is 0 Å². The number of nitrogens with zero attached hydrogens (tertiary/aromatic N) is 2. The van der Waals surface area contributed by atoms with E-state index < -0.39 is 12.7 Å². The van der Waals surface area contributed by atoms with Crippen LogP contribution in [0.3, 0.4) is 0 Å². The highest BCUT2D eigenvalue weighted by Crippen LogP contribution is 2.11. The average Bonchev–Trinajstić information content (AvgIpc) is 2.06. The van der Waals surface area contributed by atoms with Crippen molar-refractivity contribution in [2.24, 2.45) is 5.73 Å². The van der Waals surface area contributed by atoms with Crippen molar-refractivity contribution in [2.75, 3.05) is 0 Å². The Labute approximate surface area is 76.7 Å². The molecule has 0 fully saturated rings. The molecule has 1 rings (SSSR count). The Morgan fingerprint density at radius 3 is 2.36 bits per heavy atom. The second-order valence-corrected chi connectivity index (χ2v) is 1.99. The van der Waals surface area contributed by atoms with Crippen molar-refractivity contribution in [3.8, 4) is 11.8 Å². The first-order valence-corrected chi connectivity index (χ1v) is 3.32. The number of aromatic nitrogens is 2. The molecule has 0 aromatic carbocycles. The van der Waals surface area contributed by atoms with Gasteiger partial charge in [0.05, 0.1) is 12.4 Å². The molecule has 6 nitrogen and oxygen atoms in total. The van der Waals surface area contributed by atoms with Crippen molar-refractivity contribution >= 4 is 6.09 Å². The molecule has 2 N–H and O–H groups in total. The van der Waals surface area contributed by atoms with Gasteiger partial charge in [0.25, 0.3) is 0 Å². The van der Waals surface area contributed by atoms with Gasteiger partial charge in [0.2, 0.25) is 11.8 Å². The summed E-state index contributed by atoms with van der Waals surface area (Å²) in [6.07, 6.45) is 0.745. The summed E-state index contributed by atoms with van der Waals surface area (Å²) >= 11 is 0. The number of amides is 1. The summed E-state index contributed by atoms with van der Waals surface area (Å²) in [7, 11) is 0. The van der Waals surface area contributed by atoms with Gasteiger partial charge >= 0.3 is 12.7 Å². The predicted molar refractivity (Wildman–Crippen MR) is 38.9 cm³/mol. The lowest BCUT2D eigenvalue weighted by molar-refractivity contribution is -0.0531. The molecule has 0 atom stereocenters. The molecular formula is C6H5F2N3O3. The second-order valence-electron chi connectivity index (χ2n) is 1.99. The fraction of sp³-hybridized carbons (Fsp3) is 0.167. The second kappa shape index (κ2) is 4.30. The molecule has 0 aliphatic heterocycles. The number of hydrogen-bond donors (Lipinski definition) is 1. The predicted octanol–water partition coefficient (Wildman–Crippen LogP) is 0.536. The van der Waals surface area contributed by atoms with Crippen LogP contribution in [0.5, 0.6) is 11.8 Å². The number of ether oxygens (including phenoxy) is 2. The minimum atomic E-state index is -2.98. The molecule has 0 unspecified atom stereocenters.